The van der Waals surface area contributed by atoms with Gasteiger partial charge in [0.15, 0.2) is 5.69 Å². The van der Waals surface area contributed by atoms with Gasteiger partial charge in [0.25, 0.3) is 11.5 Å². The van der Waals surface area contributed by atoms with E-state index >= 15 is 0 Å². The van der Waals surface area contributed by atoms with Gasteiger partial charge in [-0.25, -0.2) is 0 Å². The smallest absolute Gasteiger partial charge is 0.296 e. The van der Waals surface area contributed by atoms with E-state index in [1.165, 1.54) is 4.68 Å². The molecular formula is C26H28N4O3. The van der Waals surface area contributed by atoms with E-state index in [2.05, 4.69) is 6.92 Å². The number of para-hydroxylation sites is 1. The lowest BCUT2D eigenvalue weighted by molar-refractivity contribution is 0.0602. The van der Waals surface area contributed by atoms with Crippen molar-refractivity contribution in [1.29, 1.82) is 0 Å². The number of amides is 1. The normalized spacial score (nSPS) is 16.5. The highest BCUT2D eigenvalue weighted by Gasteiger charge is 2.31. The molecule has 3 heterocycles. The summed E-state index contributed by atoms with van der Waals surface area (Å²) in [6, 6.07) is 15.1. The van der Waals surface area contributed by atoms with Crippen LogP contribution in [0.2, 0.25) is 0 Å². The molecule has 1 atom stereocenters. The second kappa shape index (κ2) is 8.39. The third kappa shape index (κ3) is 3.39. The number of hydrogen-bond donors (Lipinski definition) is 0. The van der Waals surface area contributed by atoms with Crippen LogP contribution < -0.4 is 10.3 Å². The molecule has 0 aliphatic carbocycles. The topological polar surface area (TPSA) is 69.4 Å². The van der Waals surface area contributed by atoms with Crippen LogP contribution in [0.15, 0.2) is 53.3 Å². The number of nitrogens with zero attached hydrogens (tertiary/aromatic N) is 4. The number of fused-ring (bicyclic) bond motifs is 3. The number of methoxy groups -OCH3 is 1. The Kier molecular flexibility index (Phi) is 5.40. The molecule has 2 aromatic carbocycles. The van der Waals surface area contributed by atoms with Gasteiger partial charge in [-0.05, 0) is 56.0 Å². The number of aromatic nitrogens is 3. The molecule has 0 radical (unpaired) electrons. The molecule has 1 aliphatic heterocycles. The average Bonchev–Trinajstić information content (AvgIpc) is 3.17. The number of carbonyl (C=O) groups is 1. The zero-order chi connectivity index (χ0) is 23.1. The number of ether oxygens (including phenoxy) is 1. The fourth-order valence-corrected chi connectivity index (χ4v) is 5.06. The molecule has 5 rings (SSSR count). The summed E-state index contributed by atoms with van der Waals surface area (Å²) in [5.41, 5.74) is 2.05. The van der Waals surface area contributed by atoms with Gasteiger partial charge < -0.3 is 14.2 Å². The van der Waals surface area contributed by atoms with Crippen LogP contribution in [0.5, 0.6) is 5.75 Å². The molecule has 0 bridgehead atoms. The summed E-state index contributed by atoms with van der Waals surface area (Å²) >= 11 is 0. The van der Waals surface area contributed by atoms with Crippen molar-refractivity contribution in [2.45, 2.75) is 38.6 Å². The monoisotopic (exact) mass is 444 g/mol. The van der Waals surface area contributed by atoms with E-state index in [0.29, 0.717) is 34.6 Å². The molecule has 33 heavy (non-hydrogen) atoms. The summed E-state index contributed by atoms with van der Waals surface area (Å²) in [6.07, 6.45) is 4.02. The van der Waals surface area contributed by atoms with Gasteiger partial charge in [-0.3, -0.25) is 9.59 Å². The zero-order valence-electron chi connectivity index (χ0n) is 19.2. The molecule has 170 valence electrons. The molecule has 0 N–H and O–H groups in total. The maximum absolute atomic E-state index is 14.0. The zero-order valence-corrected chi connectivity index (χ0v) is 19.2. The Bertz CT molecular complexity index is 1400. The molecule has 7 nitrogen and oxygen atoms in total. The van der Waals surface area contributed by atoms with Crippen molar-refractivity contribution < 1.29 is 9.53 Å². The molecular weight excluding hydrogens is 416 g/mol. The minimum Gasteiger partial charge on any atom is -0.497 e. The van der Waals surface area contributed by atoms with Gasteiger partial charge in [-0.15, -0.1) is 0 Å². The van der Waals surface area contributed by atoms with E-state index < -0.39 is 0 Å². The predicted molar refractivity (Wildman–Crippen MR) is 129 cm³/mol. The minimum absolute atomic E-state index is 0.106. The van der Waals surface area contributed by atoms with Gasteiger partial charge in [0.1, 0.15) is 11.3 Å². The predicted octanol–water partition coefficient (Wildman–Crippen LogP) is 4.29. The number of piperidine rings is 1. The third-order valence-electron chi connectivity index (χ3n) is 6.82. The fraction of sp³-hybridized carbons (Fsp3) is 0.346. The number of carbonyl (C=O) groups excluding carboxylic acids is 1. The summed E-state index contributed by atoms with van der Waals surface area (Å²) in [7, 11) is 3.47. The first-order valence-electron chi connectivity index (χ1n) is 11.5. The van der Waals surface area contributed by atoms with Crippen LogP contribution in [0.1, 0.15) is 43.1 Å². The quantitative estimate of drug-likeness (QED) is 0.471. The molecule has 1 amide bonds. The Hall–Kier alpha value is -3.61. The second-order valence-electron chi connectivity index (χ2n) is 8.62. The Morgan fingerprint density at radius 1 is 1.12 bits per heavy atom. The van der Waals surface area contributed by atoms with E-state index in [1.807, 2.05) is 40.8 Å². The van der Waals surface area contributed by atoms with Crippen molar-refractivity contribution >= 4 is 27.7 Å². The first-order chi connectivity index (χ1) is 16.0. The average molecular weight is 445 g/mol. The number of benzene rings is 2. The molecule has 1 aliphatic rings. The van der Waals surface area contributed by atoms with Gasteiger partial charge >= 0.3 is 0 Å². The summed E-state index contributed by atoms with van der Waals surface area (Å²) in [5.74, 6) is 0.582. The van der Waals surface area contributed by atoms with Crippen LogP contribution in [0.25, 0.3) is 27.5 Å². The summed E-state index contributed by atoms with van der Waals surface area (Å²) < 4.78 is 8.48. The molecule has 0 saturated carbocycles. The summed E-state index contributed by atoms with van der Waals surface area (Å²) in [4.78, 5) is 29.6. The Morgan fingerprint density at radius 2 is 1.88 bits per heavy atom. The van der Waals surface area contributed by atoms with Gasteiger partial charge in [0, 0.05) is 35.9 Å². The number of aryl methyl sites for hydroxylation is 1. The van der Waals surface area contributed by atoms with Crippen LogP contribution in [0.3, 0.4) is 0 Å². The highest BCUT2D eigenvalue weighted by Crippen LogP contribution is 2.31. The standard InChI is InChI=1S/C26H28N4O3/c1-4-17-9-7-8-16-29(17)25(31)23-22-20-10-5-6-11-21(20)28(2)24(22)26(32)30(27-23)18-12-14-19(33-3)15-13-18/h5-6,10-15,17H,4,7-9,16H2,1-3H3/t17-/m1/s1. The number of rotatable bonds is 4. The first-order valence-corrected chi connectivity index (χ1v) is 11.5. The highest BCUT2D eigenvalue weighted by atomic mass is 16.5. The maximum atomic E-state index is 14.0. The van der Waals surface area contributed by atoms with Gasteiger partial charge in [-0.2, -0.15) is 9.78 Å². The van der Waals surface area contributed by atoms with Crippen molar-refractivity contribution in [1.82, 2.24) is 19.2 Å². The Balaban J connectivity index is 1.81. The van der Waals surface area contributed by atoms with Crippen LogP contribution in [0, 0.1) is 0 Å². The highest BCUT2D eigenvalue weighted by molar-refractivity contribution is 6.16. The summed E-state index contributed by atoms with van der Waals surface area (Å²) in [6.45, 7) is 2.84. The Morgan fingerprint density at radius 3 is 2.61 bits per heavy atom. The van der Waals surface area contributed by atoms with Crippen molar-refractivity contribution in [3.8, 4) is 11.4 Å². The van der Waals surface area contributed by atoms with Gasteiger partial charge in [0.05, 0.1) is 12.8 Å². The lowest BCUT2D eigenvalue weighted by Gasteiger charge is -2.35. The van der Waals surface area contributed by atoms with Crippen LogP contribution in [-0.4, -0.2) is 44.9 Å². The van der Waals surface area contributed by atoms with Crippen molar-refractivity contribution in [3.63, 3.8) is 0 Å². The molecule has 1 saturated heterocycles. The van der Waals surface area contributed by atoms with Crippen LogP contribution in [-0.2, 0) is 7.05 Å². The van der Waals surface area contributed by atoms with E-state index in [1.54, 1.807) is 31.4 Å². The second-order valence-corrected chi connectivity index (χ2v) is 8.62. The third-order valence-corrected chi connectivity index (χ3v) is 6.82. The van der Waals surface area contributed by atoms with Gasteiger partial charge in [0.2, 0.25) is 0 Å². The molecule has 4 aromatic rings. The van der Waals surface area contributed by atoms with Crippen molar-refractivity contribution in [2.24, 2.45) is 7.05 Å². The van der Waals surface area contributed by atoms with Crippen LogP contribution >= 0.6 is 0 Å². The SMILES string of the molecule is CC[C@@H]1CCCCN1C(=O)c1nn(-c2ccc(OC)cc2)c(=O)c2c1c1ccccc1n2C. The Labute approximate surface area is 192 Å². The summed E-state index contributed by atoms with van der Waals surface area (Å²) in [5, 5.41) is 6.20. The molecule has 7 heteroatoms. The lowest BCUT2D eigenvalue weighted by atomic mass is 9.99. The lowest BCUT2D eigenvalue weighted by Crippen LogP contribution is -2.44. The molecule has 1 fully saturated rings. The van der Waals surface area contributed by atoms with Gasteiger partial charge in [-0.1, -0.05) is 25.1 Å². The molecule has 0 spiro atoms. The van der Waals surface area contributed by atoms with E-state index in [-0.39, 0.29) is 17.5 Å². The van der Waals surface area contributed by atoms with E-state index in [0.717, 1.165) is 36.6 Å². The largest absolute Gasteiger partial charge is 0.497 e. The molecule has 2 aromatic heterocycles. The van der Waals surface area contributed by atoms with E-state index in [4.69, 9.17) is 9.84 Å². The van der Waals surface area contributed by atoms with Crippen LogP contribution in [0.4, 0.5) is 0 Å². The van der Waals surface area contributed by atoms with Crippen molar-refractivity contribution in [3.05, 3.63) is 64.6 Å². The number of hydrogen-bond acceptors (Lipinski definition) is 4. The number of likely N-dealkylation sites (tertiary alicyclic amines) is 1. The fourth-order valence-electron chi connectivity index (χ4n) is 5.06. The first kappa shape index (κ1) is 21.2. The van der Waals surface area contributed by atoms with Crippen molar-refractivity contribution in [2.75, 3.05) is 13.7 Å². The maximum Gasteiger partial charge on any atom is 0.296 e. The molecule has 0 unspecified atom stereocenters. The van der Waals surface area contributed by atoms with E-state index in [9.17, 15) is 9.59 Å². The minimum atomic E-state index is -0.254.